The first-order valence-corrected chi connectivity index (χ1v) is 23.6. The van der Waals surface area contributed by atoms with Crippen LogP contribution in [0.5, 0.6) is 0 Å². The van der Waals surface area contributed by atoms with Crippen LogP contribution >= 0.6 is 0 Å². The quantitative estimate of drug-likeness (QED) is 0.137. The lowest BCUT2D eigenvalue weighted by Gasteiger charge is -2.45. The van der Waals surface area contributed by atoms with Crippen LogP contribution in [-0.4, -0.2) is 36.9 Å². The predicted octanol–water partition coefficient (Wildman–Crippen LogP) is 11.2. The Labute approximate surface area is 237 Å². The second kappa shape index (κ2) is 15.0. The molecule has 0 spiro atoms. The Kier molecular flexibility index (Phi) is 14.9. The third-order valence-corrected chi connectivity index (χ3v) is 20.2. The zero-order chi connectivity index (χ0) is 29.4. The first kappa shape index (κ1) is 36.8. The van der Waals surface area contributed by atoms with Gasteiger partial charge in [0.1, 0.15) is 0 Å². The molecular weight excluding hydrogens is 501 g/mol. The van der Waals surface area contributed by atoms with Gasteiger partial charge in [-0.3, -0.25) is 0 Å². The zero-order valence-electron chi connectivity index (χ0n) is 27.9. The molecule has 0 aliphatic heterocycles. The van der Waals surface area contributed by atoms with E-state index in [1.807, 2.05) is 6.08 Å². The van der Waals surface area contributed by atoms with Crippen LogP contribution in [0.4, 0.5) is 0 Å². The topological polar surface area (TPSA) is 18.5 Å². The Balaban J connectivity index is 5.80. The normalized spacial score (nSPS) is 17.8. The highest BCUT2D eigenvalue weighted by atomic mass is 28.4. The van der Waals surface area contributed by atoms with Gasteiger partial charge in [0.25, 0.3) is 0 Å². The lowest BCUT2D eigenvalue weighted by molar-refractivity contribution is 0.156. The third-order valence-electron chi connectivity index (χ3n) is 8.43. The molecule has 0 saturated carbocycles. The molecule has 0 unspecified atom stereocenters. The van der Waals surface area contributed by atoms with E-state index >= 15 is 0 Å². The molecule has 0 aromatic carbocycles. The van der Waals surface area contributed by atoms with Gasteiger partial charge in [0.2, 0.25) is 8.32 Å². The van der Waals surface area contributed by atoms with E-state index in [-0.39, 0.29) is 17.2 Å². The molecule has 0 rings (SSSR count). The first-order valence-electron chi connectivity index (χ1n) is 14.9. The number of hydrogen-bond acceptors (Lipinski definition) is 2. The van der Waals surface area contributed by atoms with Crippen molar-refractivity contribution >= 4 is 24.7 Å². The van der Waals surface area contributed by atoms with Crippen LogP contribution in [0.3, 0.4) is 0 Å². The Bertz CT molecular complexity index is 702. The van der Waals surface area contributed by atoms with Crippen LogP contribution in [0.25, 0.3) is 0 Å². The molecule has 0 aromatic heterocycles. The smallest absolute Gasteiger partial charge is 0.200 e. The minimum atomic E-state index is -1.92. The molecule has 37 heavy (non-hydrogen) atoms. The fourth-order valence-corrected chi connectivity index (χ4v) is 12.9. The Hall–Kier alpha value is -0.209. The van der Waals surface area contributed by atoms with Crippen LogP contribution in [0.1, 0.15) is 89.0 Å². The summed E-state index contributed by atoms with van der Waals surface area (Å²) in [7, 11) is -5.10. The highest BCUT2D eigenvalue weighted by molar-refractivity contribution is 6.81. The largest absolute Gasteiger partial charge is 0.413 e. The van der Waals surface area contributed by atoms with Crippen molar-refractivity contribution in [1.82, 2.24) is 0 Å². The van der Waals surface area contributed by atoms with Gasteiger partial charge in [0.05, 0.1) is 14.2 Å². The molecule has 5 heteroatoms. The maximum atomic E-state index is 7.18. The molecule has 0 fully saturated rings. The van der Waals surface area contributed by atoms with Crippen LogP contribution in [0.15, 0.2) is 36.6 Å². The molecule has 218 valence electrons. The van der Waals surface area contributed by atoms with E-state index in [0.717, 1.165) is 12.8 Å². The molecule has 0 aliphatic carbocycles. The van der Waals surface area contributed by atoms with Crippen LogP contribution in [0, 0.1) is 11.8 Å². The zero-order valence-corrected chi connectivity index (χ0v) is 30.9. The summed E-state index contributed by atoms with van der Waals surface area (Å²) >= 11 is 0. The number of rotatable bonds is 16. The predicted molar refractivity (Wildman–Crippen MR) is 177 cm³/mol. The summed E-state index contributed by atoms with van der Waals surface area (Å²) in [5.41, 5.74) is 4.24. The van der Waals surface area contributed by atoms with Crippen LogP contribution in [0.2, 0.25) is 54.4 Å². The molecule has 0 bridgehead atoms. The number of allylic oxidation sites excluding steroid dienone is 1. The molecule has 0 amide bonds. The second-order valence-corrected chi connectivity index (χ2v) is 30.3. The maximum absolute atomic E-state index is 7.18. The van der Waals surface area contributed by atoms with E-state index in [4.69, 9.17) is 8.85 Å². The van der Waals surface area contributed by atoms with Crippen LogP contribution in [-0.2, 0) is 8.85 Å². The van der Waals surface area contributed by atoms with Gasteiger partial charge >= 0.3 is 0 Å². The fraction of sp³-hybridized carbons (Fsp3) is 0.812. The minimum absolute atomic E-state index is 0.124. The van der Waals surface area contributed by atoms with E-state index in [1.165, 1.54) is 0 Å². The maximum Gasteiger partial charge on any atom is 0.200 e. The van der Waals surface area contributed by atoms with Crippen molar-refractivity contribution in [3.8, 4) is 0 Å². The molecule has 0 radical (unpaired) electrons. The van der Waals surface area contributed by atoms with E-state index in [0.29, 0.717) is 28.5 Å². The summed E-state index contributed by atoms with van der Waals surface area (Å²) < 4.78 is 14.1. The summed E-state index contributed by atoms with van der Waals surface area (Å²) in [4.78, 5) is 0. The SMILES string of the molecule is C=CC[C@@H](C[C@H](C)/C=C/[C@@H](C)[C@@H](/C=C/[Si](C)(C)C)O[Si](C)(C)C(C)(C)C)O[Si](C(C)C)(C(C)C)C(C)C. The van der Waals surface area contributed by atoms with E-state index in [9.17, 15) is 0 Å². The average molecular weight is 567 g/mol. The van der Waals surface area contributed by atoms with Gasteiger partial charge in [0, 0.05) is 12.0 Å². The van der Waals surface area contributed by atoms with Crippen molar-refractivity contribution in [2.75, 3.05) is 0 Å². The van der Waals surface area contributed by atoms with Gasteiger partial charge in [-0.05, 0) is 53.5 Å². The summed E-state index contributed by atoms with van der Waals surface area (Å²) in [5.74, 6) is 0.776. The van der Waals surface area contributed by atoms with Gasteiger partial charge in [0.15, 0.2) is 8.32 Å². The fourth-order valence-electron chi connectivity index (χ4n) is 5.27. The lowest BCUT2D eigenvalue weighted by Crippen LogP contribution is -2.50. The molecule has 0 aliphatic rings. The van der Waals surface area contributed by atoms with Crippen molar-refractivity contribution in [2.45, 2.75) is 156 Å². The highest BCUT2D eigenvalue weighted by Crippen LogP contribution is 2.44. The molecule has 0 N–H and O–H groups in total. The van der Waals surface area contributed by atoms with Gasteiger partial charge in [-0.1, -0.05) is 126 Å². The van der Waals surface area contributed by atoms with E-state index in [2.05, 4.69) is 139 Å². The van der Waals surface area contributed by atoms with E-state index in [1.54, 1.807) is 0 Å². The molecule has 0 aromatic rings. The molecule has 4 atom stereocenters. The molecule has 0 saturated heterocycles. The average Bonchev–Trinajstić information content (AvgIpc) is 2.70. The Morgan fingerprint density at radius 3 is 1.59 bits per heavy atom. The minimum Gasteiger partial charge on any atom is -0.413 e. The third kappa shape index (κ3) is 11.8. The lowest BCUT2D eigenvalue weighted by atomic mass is 9.97. The van der Waals surface area contributed by atoms with Gasteiger partial charge in [-0.15, -0.1) is 6.58 Å². The number of hydrogen-bond donors (Lipinski definition) is 0. The molecule has 0 heterocycles. The van der Waals surface area contributed by atoms with E-state index < -0.39 is 24.7 Å². The first-order chi connectivity index (χ1) is 16.6. The summed E-state index contributed by atoms with van der Waals surface area (Å²) in [5, 5.41) is 0.198. The monoisotopic (exact) mass is 566 g/mol. The van der Waals surface area contributed by atoms with Gasteiger partial charge in [-0.2, -0.15) is 0 Å². The Morgan fingerprint density at radius 1 is 0.730 bits per heavy atom. The summed E-state index contributed by atoms with van der Waals surface area (Å²) in [6.45, 7) is 41.9. The van der Waals surface area contributed by atoms with Crippen molar-refractivity contribution in [2.24, 2.45) is 11.8 Å². The van der Waals surface area contributed by atoms with Gasteiger partial charge < -0.3 is 8.85 Å². The van der Waals surface area contributed by atoms with Crippen molar-refractivity contribution in [1.29, 1.82) is 0 Å². The highest BCUT2D eigenvalue weighted by Gasteiger charge is 2.46. The summed E-state index contributed by atoms with van der Waals surface area (Å²) in [6, 6.07) is 0. The van der Waals surface area contributed by atoms with Crippen molar-refractivity contribution in [3.63, 3.8) is 0 Å². The van der Waals surface area contributed by atoms with Gasteiger partial charge in [-0.25, -0.2) is 0 Å². The molecule has 2 nitrogen and oxygen atoms in total. The standard InChI is InChI=1S/C32H66O2Si3/c1-18-19-30(33-37(25(2)3,26(4)5)27(6)7)24-28(8)20-21-29(9)31(22-23-35(13,14)15)34-36(16,17)32(10,11)12/h18,20-23,25-31H,1,19,24H2,2-17H3/b21-20+,23-22+/t28-,29-,30+,31-/m1/s1. The van der Waals surface area contributed by atoms with Crippen LogP contribution < -0.4 is 0 Å². The Morgan fingerprint density at radius 2 is 1.22 bits per heavy atom. The van der Waals surface area contributed by atoms with Crippen molar-refractivity contribution in [3.05, 3.63) is 36.6 Å². The second-order valence-electron chi connectivity index (χ2n) is 15.1. The summed E-state index contributed by atoms with van der Waals surface area (Å²) in [6.07, 6.45) is 11.6. The van der Waals surface area contributed by atoms with Crippen molar-refractivity contribution < 1.29 is 8.85 Å². The molecular formula is C32H66O2Si3.